The number of nitrogens with zero attached hydrogens (tertiary/aromatic N) is 4. The highest BCUT2D eigenvalue weighted by Crippen LogP contribution is 2.31. The van der Waals surface area contributed by atoms with E-state index in [1.807, 2.05) is 84.9 Å². The molecule has 0 saturated heterocycles. The van der Waals surface area contributed by atoms with Crippen LogP contribution in [0.1, 0.15) is 0 Å². The van der Waals surface area contributed by atoms with Gasteiger partial charge < -0.3 is 0 Å². The van der Waals surface area contributed by atoms with Gasteiger partial charge in [-0.05, 0) is 11.5 Å². The number of aromatic nitrogens is 4. The maximum absolute atomic E-state index is 4.90. The Kier molecular flexibility index (Phi) is 4.07. The summed E-state index contributed by atoms with van der Waals surface area (Å²) in [6.45, 7) is 0. The maximum atomic E-state index is 4.90. The van der Waals surface area contributed by atoms with Crippen LogP contribution in [0, 0.1) is 0 Å². The molecule has 0 bridgehead atoms. The molecule has 0 atom stereocenters. The van der Waals surface area contributed by atoms with E-state index in [2.05, 4.69) is 21.2 Å². The van der Waals surface area contributed by atoms with Gasteiger partial charge in [-0.15, -0.1) is 10.2 Å². The van der Waals surface area contributed by atoms with Gasteiger partial charge in [0.1, 0.15) is 17.1 Å². The van der Waals surface area contributed by atoms with Gasteiger partial charge in [-0.3, -0.25) is 4.98 Å². The molecular weight excluding hydrogens is 344 g/mol. The van der Waals surface area contributed by atoms with Gasteiger partial charge in [-0.1, -0.05) is 84.9 Å². The Morgan fingerprint density at radius 3 is 1.89 bits per heavy atom. The first-order chi connectivity index (χ1) is 13.9. The Labute approximate surface area is 162 Å². The second-order valence-electron chi connectivity index (χ2n) is 6.45. The highest BCUT2D eigenvalue weighted by molar-refractivity contribution is 5.93. The molecule has 0 unspecified atom stereocenters. The Morgan fingerprint density at radius 1 is 0.500 bits per heavy atom. The molecular formula is C24H16N4. The molecule has 0 N–H and O–H groups in total. The Bertz CT molecular complexity index is 1250. The van der Waals surface area contributed by atoms with Crippen molar-refractivity contribution in [2.24, 2.45) is 0 Å². The van der Waals surface area contributed by atoms with Crippen molar-refractivity contribution in [1.29, 1.82) is 0 Å². The molecule has 0 aliphatic carbocycles. The van der Waals surface area contributed by atoms with E-state index < -0.39 is 0 Å². The van der Waals surface area contributed by atoms with Gasteiger partial charge in [0.05, 0.1) is 0 Å². The number of pyridine rings is 1. The maximum Gasteiger partial charge on any atom is 0.201 e. The zero-order valence-corrected chi connectivity index (χ0v) is 15.0. The van der Waals surface area contributed by atoms with Gasteiger partial charge in [0.15, 0.2) is 0 Å². The topological polar surface area (TPSA) is 51.6 Å². The first-order valence-corrected chi connectivity index (χ1v) is 9.10. The van der Waals surface area contributed by atoms with Crippen LogP contribution >= 0.6 is 0 Å². The summed E-state index contributed by atoms with van der Waals surface area (Å²) >= 11 is 0. The van der Waals surface area contributed by atoms with E-state index in [-0.39, 0.29) is 0 Å². The molecule has 0 aliphatic rings. The van der Waals surface area contributed by atoms with Crippen molar-refractivity contribution in [3.8, 4) is 34.0 Å². The Morgan fingerprint density at radius 2 is 1.14 bits per heavy atom. The molecule has 132 valence electrons. The van der Waals surface area contributed by atoms with E-state index in [1.165, 1.54) is 0 Å². The third-order valence-electron chi connectivity index (χ3n) is 4.67. The lowest BCUT2D eigenvalue weighted by atomic mass is 10.0. The van der Waals surface area contributed by atoms with Crippen LogP contribution in [-0.2, 0) is 0 Å². The standard InChI is InChI=1S/C24H16N4/c1-3-10-18(11-4-1)21-22(19-12-5-2-6-13-19)27-28-24(26-21)23-20-14-8-7-9-17(20)15-16-25-23/h1-16H. The molecule has 0 fully saturated rings. The minimum Gasteiger partial charge on any atom is -0.252 e. The molecule has 2 heterocycles. The van der Waals surface area contributed by atoms with E-state index in [0.717, 1.165) is 39.0 Å². The molecule has 0 amide bonds. The van der Waals surface area contributed by atoms with Crippen LogP contribution in [-0.4, -0.2) is 20.2 Å². The predicted octanol–water partition coefficient (Wildman–Crippen LogP) is 5.42. The number of benzene rings is 3. The van der Waals surface area contributed by atoms with E-state index >= 15 is 0 Å². The Hall–Kier alpha value is -3.92. The SMILES string of the molecule is c1ccc(-c2nnc(-c3nccc4ccccc34)nc2-c2ccccc2)cc1. The van der Waals surface area contributed by atoms with Crippen LogP contribution in [0.5, 0.6) is 0 Å². The number of hydrogen-bond donors (Lipinski definition) is 0. The number of fused-ring (bicyclic) bond motifs is 1. The largest absolute Gasteiger partial charge is 0.252 e. The molecule has 5 aromatic rings. The second kappa shape index (κ2) is 7.00. The number of rotatable bonds is 3. The first kappa shape index (κ1) is 16.3. The van der Waals surface area contributed by atoms with Crippen molar-refractivity contribution >= 4 is 10.8 Å². The lowest BCUT2D eigenvalue weighted by Gasteiger charge is -2.10. The highest BCUT2D eigenvalue weighted by Gasteiger charge is 2.16. The van der Waals surface area contributed by atoms with E-state index in [1.54, 1.807) is 6.20 Å². The van der Waals surface area contributed by atoms with Crippen LogP contribution in [0.25, 0.3) is 44.8 Å². The summed E-state index contributed by atoms with van der Waals surface area (Å²) in [6.07, 6.45) is 1.79. The van der Waals surface area contributed by atoms with E-state index in [9.17, 15) is 0 Å². The molecule has 0 aliphatic heterocycles. The van der Waals surface area contributed by atoms with Gasteiger partial charge in [0, 0.05) is 22.7 Å². The Balaban J connectivity index is 1.75. The molecule has 0 radical (unpaired) electrons. The van der Waals surface area contributed by atoms with Crippen LogP contribution in [0.15, 0.2) is 97.2 Å². The van der Waals surface area contributed by atoms with Gasteiger partial charge in [-0.2, -0.15) is 0 Å². The minimum absolute atomic E-state index is 0.523. The van der Waals surface area contributed by atoms with Crippen LogP contribution in [0.4, 0.5) is 0 Å². The molecule has 3 aromatic carbocycles. The van der Waals surface area contributed by atoms with Gasteiger partial charge in [-0.25, -0.2) is 4.98 Å². The smallest absolute Gasteiger partial charge is 0.201 e. The zero-order chi connectivity index (χ0) is 18.8. The lowest BCUT2D eigenvalue weighted by Crippen LogP contribution is -2.01. The summed E-state index contributed by atoms with van der Waals surface area (Å²) in [5.74, 6) is 0.523. The molecule has 5 rings (SSSR count). The van der Waals surface area contributed by atoms with E-state index in [0.29, 0.717) is 5.82 Å². The first-order valence-electron chi connectivity index (χ1n) is 9.10. The minimum atomic E-state index is 0.523. The average molecular weight is 360 g/mol. The summed E-state index contributed by atoms with van der Waals surface area (Å²) in [4.78, 5) is 9.45. The van der Waals surface area contributed by atoms with Gasteiger partial charge in [0.2, 0.25) is 5.82 Å². The molecule has 0 spiro atoms. The molecule has 4 nitrogen and oxygen atoms in total. The van der Waals surface area contributed by atoms with Crippen molar-refractivity contribution < 1.29 is 0 Å². The van der Waals surface area contributed by atoms with E-state index in [4.69, 9.17) is 4.98 Å². The lowest BCUT2D eigenvalue weighted by molar-refractivity contribution is 0.984. The predicted molar refractivity (Wildman–Crippen MR) is 111 cm³/mol. The average Bonchev–Trinajstić information content (AvgIpc) is 2.79. The van der Waals surface area contributed by atoms with Gasteiger partial charge in [0.25, 0.3) is 0 Å². The summed E-state index contributed by atoms with van der Waals surface area (Å²) < 4.78 is 0. The monoisotopic (exact) mass is 360 g/mol. The van der Waals surface area contributed by atoms with Crippen molar-refractivity contribution in [3.05, 3.63) is 97.2 Å². The highest BCUT2D eigenvalue weighted by atomic mass is 15.2. The summed E-state index contributed by atoms with van der Waals surface area (Å²) in [6, 6.07) is 30.2. The van der Waals surface area contributed by atoms with Crippen LogP contribution in [0.3, 0.4) is 0 Å². The summed E-state index contributed by atoms with van der Waals surface area (Å²) in [7, 11) is 0. The quantitative estimate of drug-likeness (QED) is 0.431. The van der Waals surface area contributed by atoms with Crippen molar-refractivity contribution in [1.82, 2.24) is 20.2 Å². The third kappa shape index (κ3) is 2.91. The zero-order valence-electron chi connectivity index (χ0n) is 15.0. The van der Waals surface area contributed by atoms with Crippen molar-refractivity contribution in [3.63, 3.8) is 0 Å². The van der Waals surface area contributed by atoms with Crippen molar-refractivity contribution in [2.75, 3.05) is 0 Å². The summed E-state index contributed by atoms with van der Waals surface area (Å²) in [5, 5.41) is 11.1. The molecule has 0 saturated carbocycles. The molecule has 28 heavy (non-hydrogen) atoms. The fourth-order valence-corrected chi connectivity index (χ4v) is 3.31. The van der Waals surface area contributed by atoms with Crippen LogP contribution < -0.4 is 0 Å². The number of hydrogen-bond acceptors (Lipinski definition) is 4. The van der Waals surface area contributed by atoms with Crippen LogP contribution in [0.2, 0.25) is 0 Å². The summed E-state index contributed by atoms with van der Waals surface area (Å²) in [5.41, 5.74) is 4.28. The normalized spacial score (nSPS) is 10.9. The van der Waals surface area contributed by atoms with Crippen molar-refractivity contribution in [2.45, 2.75) is 0 Å². The third-order valence-corrected chi connectivity index (χ3v) is 4.67. The fraction of sp³-hybridized carbons (Fsp3) is 0. The second-order valence-corrected chi connectivity index (χ2v) is 6.45. The fourth-order valence-electron chi connectivity index (χ4n) is 3.31. The molecule has 2 aromatic heterocycles. The molecule has 4 heteroatoms. The van der Waals surface area contributed by atoms with Gasteiger partial charge >= 0.3 is 0 Å².